The van der Waals surface area contributed by atoms with Crippen molar-refractivity contribution in [3.63, 3.8) is 0 Å². The van der Waals surface area contributed by atoms with Gasteiger partial charge in [0.05, 0.1) is 29.7 Å². The Bertz CT molecular complexity index is 1340. The summed E-state index contributed by atoms with van der Waals surface area (Å²) in [6.45, 7) is 4.27. The maximum atomic E-state index is 12.7. The van der Waals surface area contributed by atoms with Crippen LogP contribution in [-0.2, 0) is 10.2 Å². The molecule has 194 valence electrons. The number of anilines is 4. The average Bonchev–Trinajstić information content (AvgIpc) is 3.11. The molecule has 0 aromatic heterocycles. The van der Waals surface area contributed by atoms with Crippen molar-refractivity contribution in [2.45, 2.75) is 25.6 Å². The number of amides is 2. The molecule has 8 nitrogen and oxygen atoms in total. The lowest BCUT2D eigenvalue weighted by atomic mass is 9.83. The number of ether oxygens (including phenoxy) is 2. The molecule has 0 saturated carbocycles. The van der Waals surface area contributed by atoms with Crippen LogP contribution < -0.4 is 20.3 Å². The van der Waals surface area contributed by atoms with E-state index in [4.69, 9.17) is 4.74 Å². The number of rotatable bonds is 5. The van der Waals surface area contributed by atoms with Crippen LogP contribution in [0.25, 0.3) is 0 Å². The van der Waals surface area contributed by atoms with E-state index in [0.29, 0.717) is 34.7 Å². The van der Waals surface area contributed by atoms with Crippen molar-refractivity contribution in [2.24, 2.45) is 0 Å². The second-order valence-electron chi connectivity index (χ2n) is 8.99. The van der Waals surface area contributed by atoms with Gasteiger partial charge in [-0.15, -0.1) is 13.2 Å². The molecule has 0 atom stereocenters. The molecule has 0 fully saturated rings. The molecular formula is C26H24F3N3O5. The van der Waals surface area contributed by atoms with Gasteiger partial charge in [0.1, 0.15) is 11.5 Å². The van der Waals surface area contributed by atoms with Crippen LogP contribution >= 0.6 is 0 Å². The van der Waals surface area contributed by atoms with Crippen molar-refractivity contribution in [1.82, 2.24) is 0 Å². The molecule has 4 rings (SSSR count). The number of hydrogen-bond acceptors (Lipinski definition) is 6. The van der Waals surface area contributed by atoms with Crippen LogP contribution in [0, 0.1) is 0 Å². The lowest BCUT2D eigenvalue weighted by Gasteiger charge is -2.25. The third-order valence-electron chi connectivity index (χ3n) is 5.85. The zero-order valence-electron chi connectivity index (χ0n) is 20.1. The summed E-state index contributed by atoms with van der Waals surface area (Å²) in [6.07, 6.45) is -4.81. The third-order valence-corrected chi connectivity index (χ3v) is 5.85. The summed E-state index contributed by atoms with van der Waals surface area (Å²) in [7, 11) is 1.29. The number of nitrogens with one attached hydrogen (secondary N) is 2. The highest BCUT2D eigenvalue weighted by Crippen LogP contribution is 2.51. The summed E-state index contributed by atoms with van der Waals surface area (Å²) in [4.78, 5) is 27.0. The number of phenols is 1. The van der Waals surface area contributed by atoms with Gasteiger partial charge in [0.25, 0.3) is 0 Å². The van der Waals surface area contributed by atoms with Crippen LogP contribution in [0.1, 0.15) is 29.8 Å². The normalized spacial score (nSPS) is 14.1. The molecule has 0 saturated heterocycles. The second-order valence-corrected chi connectivity index (χ2v) is 8.99. The quantitative estimate of drug-likeness (QED) is 0.353. The van der Waals surface area contributed by atoms with Gasteiger partial charge in [-0.05, 0) is 48.5 Å². The molecule has 2 amide bonds. The van der Waals surface area contributed by atoms with E-state index in [2.05, 4.69) is 15.4 Å². The number of nitrogens with zero attached hydrogens (tertiary/aromatic N) is 1. The molecule has 3 aromatic carbocycles. The van der Waals surface area contributed by atoms with Gasteiger partial charge in [-0.1, -0.05) is 26.0 Å². The minimum absolute atomic E-state index is 0.0337. The molecule has 0 radical (unpaired) electrons. The van der Waals surface area contributed by atoms with Crippen molar-refractivity contribution in [2.75, 3.05) is 29.2 Å². The zero-order valence-corrected chi connectivity index (χ0v) is 20.1. The standard InChI is InChI=1S/C26H24F3N3O5/c1-25(2)14-32(22-20(33)13-12-17(21(22)25)23(34)36-3)19-7-5-4-6-18(19)31-24(35)30-15-8-10-16(11-9-15)37-26(27,28)29/h4-13,33H,14H2,1-3H3,(H2,30,31,35). The summed E-state index contributed by atoms with van der Waals surface area (Å²) in [5.41, 5.74) is 2.07. The molecule has 1 aliphatic rings. The van der Waals surface area contributed by atoms with Crippen LogP contribution in [0.3, 0.4) is 0 Å². The fraction of sp³-hybridized carbons (Fsp3) is 0.231. The average molecular weight is 515 g/mol. The number of esters is 1. The fourth-order valence-corrected chi connectivity index (χ4v) is 4.42. The number of benzene rings is 3. The Kier molecular flexibility index (Phi) is 6.64. The monoisotopic (exact) mass is 515 g/mol. The maximum Gasteiger partial charge on any atom is 0.573 e. The minimum atomic E-state index is -4.81. The Morgan fingerprint density at radius 1 is 1.00 bits per heavy atom. The Morgan fingerprint density at radius 3 is 2.32 bits per heavy atom. The highest BCUT2D eigenvalue weighted by atomic mass is 19.4. The molecule has 1 aliphatic heterocycles. The van der Waals surface area contributed by atoms with E-state index in [-0.39, 0.29) is 11.4 Å². The molecular weight excluding hydrogens is 491 g/mol. The van der Waals surface area contributed by atoms with Gasteiger partial charge >= 0.3 is 18.4 Å². The van der Waals surface area contributed by atoms with Crippen molar-refractivity contribution in [3.05, 3.63) is 71.8 Å². The summed E-state index contributed by atoms with van der Waals surface area (Å²) in [6, 6.07) is 13.9. The zero-order chi connectivity index (χ0) is 27.0. The maximum absolute atomic E-state index is 12.7. The van der Waals surface area contributed by atoms with Gasteiger partial charge in [0, 0.05) is 23.2 Å². The highest BCUT2D eigenvalue weighted by Gasteiger charge is 2.42. The number of carbonyl (C=O) groups excluding carboxylic acids is 2. The second kappa shape index (κ2) is 9.57. The number of methoxy groups -OCH3 is 1. The molecule has 3 N–H and O–H groups in total. The molecule has 3 aromatic rings. The van der Waals surface area contributed by atoms with Gasteiger partial charge in [-0.2, -0.15) is 0 Å². The Balaban J connectivity index is 1.60. The first kappa shape index (κ1) is 25.7. The molecule has 37 heavy (non-hydrogen) atoms. The number of aromatic hydroxyl groups is 1. The summed E-state index contributed by atoms with van der Waals surface area (Å²) in [5.74, 6) is -0.970. The first-order chi connectivity index (χ1) is 17.4. The molecule has 1 heterocycles. The van der Waals surface area contributed by atoms with Crippen LogP contribution in [0.2, 0.25) is 0 Å². The summed E-state index contributed by atoms with van der Waals surface area (Å²) in [5, 5.41) is 16.1. The van der Waals surface area contributed by atoms with Gasteiger partial charge in [0.15, 0.2) is 0 Å². The largest absolute Gasteiger partial charge is 0.573 e. The van der Waals surface area contributed by atoms with E-state index in [0.717, 1.165) is 12.1 Å². The van der Waals surface area contributed by atoms with E-state index >= 15 is 0 Å². The number of fused-ring (bicyclic) bond motifs is 1. The smallest absolute Gasteiger partial charge is 0.506 e. The predicted octanol–water partition coefficient (Wildman–Crippen LogP) is 6.15. The predicted molar refractivity (Wildman–Crippen MR) is 132 cm³/mol. The summed E-state index contributed by atoms with van der Waals surface area (Å²) < 4.78 is 45.8. The van der Waals surface area contributed by atoms with Crippen molar-refractivity contribution in [1.29, 1.82) is 0 Å². The van der Waals surface area contributed by atoms with Crippen molar-refractivity contribution < 1.29 is 37.3 Å². The Hall–Kier alpha value is -4.41. The Morgan fingerprint density at radius 2 is 1.68 bits per heavy atom. The minimum Gasteiger partial charge on any atom is -0.506 e. The molecule has 0 bridgehead atoms. The number of hydrogen-bond donors (Lipinski definition) is 3. The van der Waals surface area contributed by atoms with Gasteiger partial charge < -0.3 is 30.1 Å². The topological polar surface area (TPSA) is 100 Å². The van der Waals surface area contributed by atoms with Gasteiger partial charge in [-0.25, -0.2) is 9.59 Å². The van der Waals surface area contributed by atoms with E-state index < -0.39 is 29.5 Å². The van der Waals surface area contributed by atoms with Crippen molar-refractivity contribution >= 4 is 34.7 Å². The number of phenolic OH excluding ortho intramolecular Hbond substituents is 1. The number of alkyl halides is 3. The van der Waals surface area contributed by atoms with E-state index in [9.17, 15) is 27.9 Å². The van der Waals surface area contributed by atoms with Crippen LogP contribution in [0.5, 0.6) is 11.5 Å². The first-order valence-corrected chi connectivity index (χ1v) is 11.1. The molecule has 0 aliphatic carbocycles. The van der Waals surface area contributed by atoms with Crippen molar-refractivity contribution in [3.8, 4) is 11.5 Å². The number of urea groups is 1. The third kappa shape index (κ3) is 5.40. The lowest BCUT2D eigenvalue weighted by molar-refractivity contribution is -0.274. The lowest BCUT2D eigenvalue weighted by Crippen LogP contribution is -2.27. The number of halogens is 3. The summed E-state index contributed by atoms with van der Waals surface area (Å²) >= 11 is 0. The first-order valence-electron chi connectivity index (χ1n) is 11.1. The van der Waals surface area contributed by atoms with Crippen LogP contribution in [0.4, 0.5) is 40.7 Å². The van der Waals surface area contributed by atoms with E-state index in [1.807, 2.05) is 18.7 Å². The van der Waals surface area contributed by atoms with E-state index in [1.54, 1.807) is 24.3 Å². The van der Waals surface area contributed by atoms with Gasteiger partial charge in [-0.3, -0.25) is 0 Å². The Labute approximate surface area is 210 Å². The SMILES string of the molecule is COC(=O)c1ccc(O)c2c1C(C)(C)CN2c1ccccc1NC(=O)Nc1ccc(OC(F)(F)F)cc1. The van der Waals surface area contributed by atoms with Crippen LogP contribution in [0.15, 0.2) is 60.7 Å². The molecule has 11 heteroatoms. The molecule has 0 spiro atoms. The molecule has 0 unspecified atom stereocenters. The van der Waals surface area contributed by atoms with Crippen LogP contribution in [-0.4, -0.2) is 37.1 Å². The van der Waals surface area contributed by atoms with Gasteiger partial charge in [0.2, 0.25) is 0 Å². The number of carbonyl (C=O) groups is 2. The number of para-hydroxylation sites is 2. The van der Waals surface area contributed by atoms with E-state index in [1.165, 1.54) is 31.4 Å². The fourth-order valence-electron chi connectivity index (χ4n) is 4.42. The highest BCUT2D eigenvalue weighted by molar-refractivity contribution is 6.03.